The van der Waals surface area contributed by atoms with Crippen LogP contribution in [0.5, 0.6) is 11.5 Å². The van der Waals surface area contributed by atoms with Crippen LogP contribution in [0.1, 0.15) is 13.8 Å². The summed E-state index contributed by atoms with van der Waals surface area (Å²) in [5.74, 6) is -0.175. The van der Waals surface area contributed by atoms with E-state index in [4.69, 9.17) is 19.3 Å². The monoisotopic (exact) mass is 325 g/mol. The third-order valence-corrected chi connectivity index (χ3v) is 2.73. The molecule has 23 heavy (non-hydrogen) atoms. The van der Waals surface area contributed by atoms with Gasteiger partial charge in [0.15, 0.2) is 12.6 Å². The summed E-state index contributed by atoms with van der Waals surface area (Å²) in [6, 6.07) is 5.83. The van der Waals surface area contributed by atoms with E-state index in [0.717, 1.165) is 0 Å². The fourth-order valence-electron chi connectivity index (χ4n) is 1.64. The van der Waals surface area contributed by atoms with Crippen LogP contribution in [0.3, 0.4) is 0 Å². The van der Waals surface area contributed by atoms with Crippen molar-refractivity contribution >= 4 is 11.9 Å². The molecule has 0 bridgehead atoms. The first-order valence-corrected chi connectivity index (χ1v) is 7.29. The van der Waals surface area contributed by atoms with Gasteiger partial charge in [-0.2, -0.15) is 0 Å². The Hall–Kier alpha value is -2.28. The molecular formula is C16H23NO6. The molecule has 0 saturated heterocycles. The lowest BCUT2D eigenvalue weighted by Crippen LogP contribution is -2.45. The highest BCUT2D eigenvalue weighted by atomic mass is 16.5. The molecule has 128 valence electrons. The number of carbonyl (C=O) groups is 2. The maximum Gasteiger partial charge on any atom is 0.328 e. The van der Waals surface area contributed by atoms with Crippen LogP contribution in [-0.2, 0) is 14.3 Å². The second-order valence-electron chi connectivity index (χ2n) is 5.38. The number of hydrogen-bond acceptors (Lipinski definition) is 5. The molecule has 7 heteroatoms. The third-order valence-electron chi connectivity index (χ3n) is 2.73. The Kier molecular flexibility index (Phi) is 7.90. The number of amides is 1. The van der Waals surface area contributed by atoms with Crippen molar-refractivity contribution < 1.29 is 28.9 Å². The zero-order chi connectivity index (χ0) is 17.2. The van der Waals surface area contributed by atoms with Gasteiger partial charge in [-0.3, -0.25) is 4.79 Å². The number of carboxylic acids is 1. The minimum atomic E-state index is -1.16. The zero-order valence-corrected chi connectivity index (χ0v) is 13.6. The first-order valence-electron chi connectivity index (χ1n) is 7.29. The van der Waals surface area contributed by atoms with Crippen LogP contribution in [0.4, 0.5) is 0 Å². The molecule has 2 N–H and O–H groups in total. The van der Waals surface area contributed by atoms with Gasteiger partial charge in [0.25, 0.3) is 5.91 Å². The number of nitrogens with one attached hydrogen (secondary N) is 1. The van der Waals surface area contributed by atoms with Gasteiger partial charge in [0.1, 0.15) is 11.5 Å². The second kappa shape index (κ2) is 9.68. The number of carbonyl (C=O) groups excluding carboxylic acids is 1. The van der Waals surface area contributed by atoms with E-state index < -0.39 is 17.9 Å². The van der Waals surface area contributed by atoms with Crippen molar-refractivity contribution in [3.05, 3.63) is 24.3 Å². The average Bonchev–Trinajstić information content (AvgIpc) is 2.51. The summed E-state index contributed by atoms with van der Waals surface area (Å²) >= 11 is 0. The zero-order valence-electron chi connectivity index (χ0n) is 13.6. The van der Waals surface area contributed by atoms with Gasteiger partial charge < -0.3 is 24.6 Å². The van der Waals surface area contributed by atoms with Crippen LogP contribution in [-0.4, -0.2) is 50.0 Å². The fraction of sp³-hybridized carbons (Fsp3) is 0.500. The number of ether oxygens (including phenoxy) is 3. The van der Waals surface area contributed by atoms with Gasteiger partial charge in [0.05, 0.1) is 13.2 Å². The number of rotatable bonds is 10. The molecule has 0 radical (unpaired) electrons. The Morgan fingerprint density at radius 2 is 1.83 bits per heavy atom. The summed E-state index contributed by atoms with van der Waals surface area (Å²) in [6.45, 7) is 4.27. The molecule has 0 saturated carbocycles. The maximum absolute atomic E-state index is 11.7. The van der Waals surface area contributed by atoms with Crippen LogP contribution in [0.25, 0.3) is 0 Å². The molecule has 0 spiro atoms. The predicted molar refractivity (Wildman–Crippen MR) is 83.7 cm³/mol. The minimum Gasteiger partial charge on any atom is -0.493 e. The quantitative estimate of drug-likeness (QED) is 0.674. The minimum absolute atomic E-state index is 0.112. The van der Waals surface area contributed by atoms with Gasteiger partial charge in [-0.05, 0) is 18.1 Å². The molecule has 0 heterocycles. The van der Waals surface area contributed by atoms with E-state index in [1.807, 2.05) is 13.8 Å². The molecular weight excluding hydrogens is 302 g/mol. The van der Waals surface area contributed by atoms with Crippen molar-refractivity contribution in [1.29, 1.82) is 0 Å². The molecule has 1 aromatic rings. The number of methoxy groups -OCH3 is 1. The fourth-order valence-corrected chi connectivity index (χ4v) is 1.64. The molecule has 1 rings (SSSR count). The molecule has 0 aliphatic heterocycles. The topological polar surface area (TPSA) is 94.1 Å². The van der Waals surface area contributed by atoms with Gasteiger partial charge in [-0.15, -0.1) is 0 Å². The molecule has 1 aromatic carbocycles. The van der Waals surface area contributed by atoms with Crippen molar-refractivity contribution in [3.8, 4) is 11.5 Å². The van der Waals surface area contributed by atoms with E-state index >= 15 is 0 Å². The molecule has 0 aromatic heterocycles. The van der Waals surface area contributed by atoms with Crippen molar-refractivity contribution in [2.24, 2.45) is 5.92 Å². The molecule has 7 nitrogen and oxygen atoms in total. The Morgan fingerprint density at radius 1 is 1.17 bits per heavy atom. The van der Waals surface area contributed by atoms with Crippen LogP contribution >= 0.6 is 0 Å². The average molecular weight is 325 g/mol. The van der Waals surface area contributed by atoms with E-state index in [9.17, 15) is 9.59 Å². The summed E-state index contributed by atoms with van der Waals surface area (Å²) in [4.78, 5) is 22.6. The van der Waals surface area contributed by atoms with E-state index in [-0.39, 0.29) is 13.2 Å². The molecule has 1 amide bonds. The summed E-state index contributed by atoms with van der Waals surface area (Å²) in [5, 5.41) is 11.2. The summed E-state index contributed by atoms with van der Waals surface area (Å²) in [6.07, 6.45) is 0. The van der Waals surface area contributed by atoms with E-state index in [0.29, 0.717) is 24.0 Å². The van der Waals surface area contributed by atoms with Gasteiger partial charge in [-0.25, -0.2) is 4.79 Å². The van der Waals surface area contributed by atoms with E-state index in [1.54, 1.807) is 24.3 Å². The lowest BCUT2D eigenvalue weighted by atomic mass is 10.2. The standard InChI is InChI=1S/C16H23NO6/c1-11(2)8-22-12-5-4-6-13(7-12)23-10-15(18)17-14(9-21-3)16(19)20/h4-7,11,14H,8-10H2,1-3H3,(H,17,18)(H,19,20). The highest BCUT2D eigenvalue weighted by Crippen LogP contribution is 2.19. The number of carboxylic acid groups (broad SMARTS) is 1. The van der Waals surface area contributed by atoms with Crippen LogP contribution in [0.15, 0.2) is 24.3 Å². The predicted octanol–water partition coefficient (Wildman–Crippen LogP) is 1.32. The molecule has 1 atom stereocenters. The maximum atomic E-state index is 11.7. The van der Waals surface area contributed by atoms with Crippen LogP contribution < -0.4 is 14.8 Å². The van der Waals surface area contributed by atoms with Gasteiger partial charge in [0.2, 0.25) is 0 Å². The van der Waals surface area contributed by atoms with Gasteiger partial charge in [-0.1, -0.05) is 19.9 Å². The first-order chi connectivity index (χ1) is 10.9. The van der Waals surface area contributed by atoms with Crippen molar-refractivity contribution in [3.63, 3.8) is 0 Å². The van der Waals surface area contributed by atoms with Crippen LogP contribution in [0.2, 0.25) is 0 Å². The normalized spacial score (nSPS) is 11.8. The Morgan fingerprint density at radius 3 is 2.39 bits per heavy atom. The lowest BCUT2D eigenvalue weighted by molar-refractivity contribution is -0.143. The van der Waals surface area contributed by atoms with Crippen molar-refractivity contribution in [2.45, 2.75) is 19.9 Å². The van der Waals surface area contributed by atoms with Crippen molar-refractivity contribution in [1.82, 2.24) is 5.32 Å². The summed E-state index contributed by atoms with van der Waals surface area (Å²) < 4.78 is 15.7. The number of aliphatic carboxylic acids is 1. The largest absolute Gasteiger partial charge is 0.493 e. The summed E-state index contributed by atoms with van der Waals surface area (Å²) in [5.41, 5.74) is 0. The molecule has 0 aliphatic rings. The van der Waals surface area contributed by atoms with Crippen LogP contribution in [0, 0.1) is 5.92 Å². The summed E-state index contributed by atoms with van der Waals surface area (Å²) in [7, 11) is 1.36. The highest BCUT2D eigenvalue weighted by Gasteiger charge is 2.19. The van der Waals surface area contributed by atoms with Gasteiger partial charge >= 0.3 is 5.97 Å². The number of hydrogen-bond donors (Lipinski definition) is 2. The smallest absolute Gasteiger partial charge is 0.328 e. The molecule has 0 fully saturated rings. The Labute approximate surface area is 135 Å². The Balaban J connectivity index is 2.49. The van der Waals surface area contributed by atoms with E-state index in [2.05, 4.69) is 5.32 Å². The second-order valence-corrected chi connectivity index (χ2v) is 5.38. The van der Waals surface area contributed by atoms with E-state index in [1.165, 1.54) is 7.11 Å². The van der Waals surface area contributed by atoms with Gasteiger partial charge in [0, 0.05) is 13.2 Å². The highest BCUT2D eigenvalue weighted by molar-refractivity contribution is 5.84. The Bertz CT molecular complexity index is 517. The lowest BCUT2D eigenvalue weighted by Gasteiger charge is -2.14. The molecule has 1 unspecified atom stereocenters. The SMILES string of the molecule is COCC(NC(=O)COc1cccc(OCC(C)C)c1)C(=O)O. The van der Waals surface area contributed by atoms with Crippen molar-refractivity contribution in [2.75, 3.05) is 26.9 Å². The first kappa shape index (κ1) is 18.8. The third kappa shape index (κ3) is 7.51. The number of benzene rings is 1. The molecule has 0 aliphatic carbocycles.